The highest BCUT2D eigenvalue weighted by Gasteiger charge is 2.09. The van der Waals surface area contributed by atoms with Gasteiger partial charge in [0.2, 0.25) is 0 Å². The molecule has 1 aromatic carbocycles. The van der Waals surface area contributed by atoms with Crippen molar-refractivity contribution in [3.8, 4) is 5.75 Å². The molecular weight excluding hydrogens is 391 g/mol. The number of benzene rings is 1. The first-order valence-electron chi connectivity index (χ1n) is 5.62. The lowest BCUT2D eigenvalue weighted by atomic mass is 10.3. The first-order valence-corrected chi connectivity index (χ1v) is 7.51. The second-order valence-electron chi connectivity index (χ2n) is 3.87. The Bertz CT molecular complexity index is 830. The SMILES string of the molecule is COc1ccc2nc(Nc3nc[nH]c(=O)c3I)sc2c1. The lowest BCUT2D eigenvalue weighted by Crippen LogP contribution is -2.12. The molecule has 2 N–H and O–H groups in total. The van der Waals surface area contributed by atoms with Crippen LogP contribution in [0.15, 0.2) is 29.3 Å². The minimum Gasteiger partial charge on any atom is -0.497 e. The Morgan fingerprint density at radius 2 is 2.30 bits per heavy atom. The van der Waals surface area contributed by atoms with Crippen LogP contribution in [0.5, 0.6) is 5.75 Å². The van der Waals surface area contributed by atoms with Gasteiger partial charge < -0.3 is 15.0 Å². The van der Waals surface area contributed by atoms with Gasteiger partial charge in [0.1, 0.15) is 9.32 Å². The van der Waals surface area contributed by atoms with Crippen LogP contribution < -0.4 is 15.6 Å². The summed E-state index contributed by atoms with van der Waals surface area (Å²) in [5.41, 5.74) is 0.698. The first-order chi connectivity index (χ1) is 9.67. The van der Waals surface area contributed by atoms with Crippen molar-refractivity contribution in [2.75, 3.05) is 12.4 Å². The third kappa shape index (κ3) is 2.48. The van der Waals surface area contributed by atoms with Crippen LogP contribution in [0.4, 0.5) is 10.9 Å². The van der Waals surface area contributed by atoms with E-state index in [4.69, 9.17) is 4.74 Å². The molecular formula is C12H9IN4O2S. The summed E-state index contributed by atoms with van der Waals surface area (Å²) in [5.74, 6) is 1.29. The van der Waals surface area contributed by atoms with E-state index in [1.165, 1.54) is 17.7 Å². The van der Waals surface area contributed by atoms with Gasteiger partial charge in [0.05, 0.1) is 23.7 Å². The molecule has 0 saturated heterocycles. The lowest BCUT2D eigenvalue weighted by Gasteiger charge is -2.01. The number of H-pyrrole nitrogens is 1. The Labute approximate surface area is 131 Å². The summed E-state index contributed by atoms with van der Waals surface area (Å²) >= 11 is 3.43. The van der Waals surface area contributed by atoms with E-state index in [2.05, 4.69) is 20.3 Å². The molecule has 8 heteroatoms. The standard InChI is InChI=1S/C12H9IN4O2S/c1-19-6-2-3-7-8(4-6)20-12(16-7)17-10-9(13)11(18)15-5-14-10/h2-5H,1H3,(H2,14,15,16,17,18). The van der Waals surface area contributed by atoms with Gasteiger partial charge in [0.25, 0.3) is 5.56 Å². The smallest absolute Gasteiger partial charge is 0.266 e. The van der Waals surface area contributed by atoms with Crippen LogP contribution in [0.25, 0.3) is 10.2 Å². The van der Waals surface area contributed by atoms with Crippen LogP contribution >= 0.6 is 33.9 Å². The summed E-state index contributed by atoms with van der Waals surface area (Å²) in [5, 5.41) is 3.75. The van der Waals surface area contributed by atoms with Crippen molar-refractivity contribution in [1.82, 2.24) is 15.0 Å². The maximum absolute atomic E-state index is 11.5. The van der Waals surface area contributed by atoms with Gasteiger partial charge in [-0.25, -0.2) is 9.97 Å². The summed E-state index contributed by atoms with van der Waals surface area (Å²) in [7, 11) is 1.63. The van der Waals surface area contributed by atoms with Crippen molar-refractivity contribution in [2.24, 2.45) is 0 Å². The van der Waals surface area contributed by atoms with Gasteiger partial charge in [0, 0.05) is 0 Å². The first kappa shape index (κ1) is 13.3. The lowest BCUT2D eigenvalue weighted by molar-refractivity contribution is 0.415. The van der Waals surface area contributed by atoms with Crippen molar-refractivity contribution >= 4 is 55.1 Å². The Morgan fingerprint density at radius 1 is 1.45 bits per heavy atom. The molecule has 0 fully saturated rings. The van der Waals surface area contributed by atoms with Gasteiger partial charge in [-0.15, -0.1) is 0 Å². The Morgan fingerprint density at radius 3 is 3.10 bits per heavy atom. The third-order valence-corrected chi connectivity index (χ3v) is 4.55. The number of ether oxygens (including phenoxy) is 1. The van der Waals surface area contributed by atoms with E-state index in [-0.39, 0.29) is 5.56 Å². The van der Waals surface area contributed by atoms with Crippen molar-refractivity contribution in [1.29, 1.82) is 0 Å². The molecule has 0 spiro atoms. The van der Waals surface area contributed by atoms with Crippen molar-refractivity contribution in [2.45, 2.75) is 0 Å². The number of aromatic amines is 1. The second-order valence-corrected chi connectivity index (χ2v) is 5.98. The number of anilines is 2. The van der Waals surface area contributed by atoms with E-state index in [0.717, 1.165) is 16.0 Å². The highest BCUT2D eigenvalue weighted by Crippen LogP contribution is 2.30. The zero-order valence-corrected chi connectivity index (χ0v) is 13.3. The maximum atomic E-state index is 11.5. The summed E-state index contributed by atoms with van der Waals surface area (Å²) in [4.78, 5) is 22.6. The normalized spacial score (nSPS) is 10.7. The number of aromatic nitrogens is 3. The average Bonchev–Trinajstić information content (AvgIpc) is 2.85. The minimum absolute atomic E-state index is 0.175. The van der Waals surface area contributed by atoms with Crippen molar-refractivity contribution in [3.05, 3.63) is 38.5 Å². The molecule has 0 aliphatic rings. The number of nitrogens with zero attached hydrogens (tertiary/aromatic N) is 2. The highest BCUT2D eigenvalue weighted by molar-refractivity contribution is 14.1. The third-order valence-electron chi connectivity index (χ3n) is 2.62. The molecule has 6 nitrogen and oxygen atoms in total. The molecule has 2 heterocycles. The van der Waals surface area contributed by atoms with Gasteiger partial charge in [-0.1, -0.05) is 11.3 Å². The van der Waals surface area contributed by atoms with Gasteiger partial charge in [-0.3, -0.25) is 4.79 Å². The fraction of sp³-hybridized carbons (Fsp3) is 0.0833. The van der Waals surface area contributed by atoms with Gasteiger partial charge in [0.15, 0.2) is 10.9 Å². The van der Waals surface area contributed by atoms with E-state index < -0.39 is 0 Å². The number of thiazole rings is 1. The van der Waals surface area contributed by atoms with Crippen LogP contribution in [0.1, 0.15) is 0 Å². The Kier molecular flexibility index (Phi) is 3.57. The summed E-state index contributed by atoms with van der Waals surface area (Å²) in [6.45, 7) is 0. The molecule has 0 aliphatic heterocycles. The molecule has 3 aromatic rings. The molecule has 0 radical (unpaired) electrons. The highest BCUT2D eigenvalue weighted by atomic mass is 127. The fourth-order valence-corrected chi connectivity index (χ4v) is 2.98. The number of fused-ring (bicyclic) bond motifs is 1. The monoisotopic (exact) mass is 400 g/mol. The van der Waals surface area contributed by atoms with E-state index >= 15 is 0 Å². The van der Waals surface area contributed by atoms with Crippen molar-refractivity contribution < 1.29 is 4.74 Å². The molecule has 0 aliphatic carbocycles. The molecule has 2 aromatic heterocycles. The molecule has 3 rings (SSSR count). The van der Waals surface area contributed by atoms with Gasteiger partial charge >= 0.3 is 0 Å². The van der Waals surface area contributed by atoms with Gasteiger partial charge in [-0.05, 0) is 40.8 Å². The quantitative estimate of drug-likeness (QED) is 0.661. The van der Waals surface area contributed by atoms with Crippen LogP contribution in [0.2, 0.25) is 0 Å². The molecule has 0 amide bonds. The maximum Gasteiger partial charge on any atom is 0.266 e. The minimum atomic E-state index is -0.175. The molecule has 0 saturated carbocycles. The zero-order valence-electron chi connectivity index (χ0n) is 10.3. The predicted molar refractivity (Wildman–Crippen MR) is 87.0 cm³/mol. The van der Waals surface area contributed by atoms with E-state index in [9.17, 15) is 4.79 Å². The van der Waals surface area contributed by atoms with E-state index in [1.807, 2.05) is 40.8 Å². The van der Waals surface area contributed by atoms with Crippen LogP contribution in [-0.2, 0) is 0 Å². The molecule has 0 bridgehead atoms. The average molecular weight is 400 g/mol. The zero-order chi connectivity index (χ0) is 14.1. The number of hydrogen-bond acceptors (Lipinski definition) is 6. The van der Waals surface area contributed by atoms with Gasteiger partial charge in [-0.2, -0.15) is 0 Å². The van der Waals surface area contributed by atoms with Crippen molar-refractivity contribution in [3.63, 3.8) is 0 Å². The molecule has 0 atom stereocenters. The molecule has 20 heavy (non-hydrogen) atoms. The number of hydrogen-bond donors (Lipinski definition) is 2. The number of rotatable bonds is 3. The van der Waals surface area contributed by atoms with Crippen LogP contribution in [0.3, 0.4) is 0 Å². The van der Waals surface area contributed by atoms with Crippen LogP contribution in [-0.4, -0.2) is 22.1 Å². The molecule has 102 valence electrons. The largest absolute Gasteiger partial charge is 0.497 e. The summed E-state index contributed by atoms with van der Waals surface area (Å²) in [6.07, 6.45) is 1.36. The second kappa shape index (κ2) is 5.37. The Hall–Kier alpha value is -1.68. The summed E-state index contributed by atoms with van der Waals surface area (Å²) in [6, 6.07) is 5.68. The fourth-order valence-electron chi connectivity index (χ4n) is 1.66. The number of methoxy groups -OCH3 is 1. The number of halogens is 1. The topological polar surface area (TPSA) is 79.9 Å². The van der Waals surface area contributed by atoms with Crippen LogP contribution in [0, 0.1) is 3.57 Å². The Balaban J connectivity index is 1.98. The number of nitrogens with one attached hydrogen (secondary N) is 2. The van der Waals surface area contributed by atoms with E-state index in [1.54, 1.807) is 7.11 Å². The van der Waals surface area contributed by atoms with E-state index in [0.29, 0.717) is 14.5 Å². The molecule has 0 unspecified atom stereocenters. The predicted octanol–water partition coefficient (Wildman–Crippen LogP) is 2.74. The summed E-state index contributed by atoms with van der Waals surface area (Å²) < 4.78 is 6.69.